The minimum Gasteiger partial charge on any atom is -0.481 e. The maximum Gasteiger partial charge on any atom is 0.307 e. The SMILES string of the molecule is CN1CCN(C(=O)c2ccc(NC(=O)[C@H]3[C@@H](C(=O)O)C3(C)C)cc2)CC1. The molecule has 7 nitrogen and oxygen atoms in total. The van der Waals surface area contributed by atoms with Crippen LogP contribution in [0.2, 0.25) is 0 Å². The summed E-state index contributed by atoms with van der Waals surface area (Å²) in [5, 5.41) is 11.9. The van der Waals surface area contributed by atoms with Crippen LogP contribution in [-0.4, -0.2) is 65.9 Å². The van der Waals surface area contributed by atoms with Crippen LogP contribution in [0.1, 0.15) is 24.2 Å². The maximum absolute atomic E-state index is 12.5. The van der Waals surface area contributed by atoms with Crippen LogP contribution < -0.4 is 5.32 Å². The highest BCUT2D eigenvalue weighted by atomic mass is 16.4. The number of carbonyl (C=O) groups is 3. The Labute approximate surface area is 153 Å². The van der Waals surface area contributed by atoms with E-state index < -0.39 is 23.2 Å². The molecule has 2 amide bonds. The molecular weight excluding hydrogens is 334 g/mol. The summed E-state index contributed by atoms with van der Waals surface area (Å²) >= 11 is 0. The fourth-order valence-electron chi connectivity index (χ4n) is 3.70. The summed E-state index contributed by atoms with van der Waals surface area (Å²) in [5.41, 5.74) is 0.618. The molecule has 1 heterocycles. The molecule has 1 aliphatic carbocycles. The number of carbonyl (C=O) groups excluding carboxylic acids is 2. The lowest BCUT2D eigenvalue weighted by molar-refractivity contribution is -0.140. The monoisotopic (exact) mass is 359 g/mol. The first-order valence-corrected chi connectivity index (χ1v) is 8.83. The van der Waals surface area contributed by atoms with Crippen LogP contribution in [0.5, 0.6) is 0 Å². The Kier molecular flexibility index (Phi) is 4.75. The number of carboxylic acid groups (broad SMARTS) is 1. The molecule has 0 radical (unpaired) electrons. The molecule has 0 aromatic heterocycles. The van der Waals surface area contributed by atoms with Crippen molar-refractivity contribution in [2.45, 2.75) is 13.8 Å². The topological polar surface area (TPSA) is 90.0 Å². The summed E-state index contributed by atoms with van der Waals surface area (Å²) < 4.78 is 0. The lowest BCUT2D eigenvalue weighted by atomic mass is 10.1. The van der Waals surface area contributed by atoms with Gasteiger partial charge in [0.1, 0.15) is 0 Å². The van der Waals surface area contributed by atoms with Gasteiger partial charge in [0.15, 0.2) is 0 Å². The average molecular weight is 359 g/mol. The van der Waals surface area contributed by atoms with Gasteiger partial charge >= 0.3 is 5.97 Å². The molecule has 2 aliphatic rings. The molecule has 0 unspecified atom stereocenters. The van der Waals surface area contributed by atoms with Gasteiger partial charge in [-0.3, -0.25) is 14.4 Å². The number of piperazine rings is 1. The van der Waals surface area contributed by atoms with Crippen molar-refractivity contribution in [3.8, 4) is 0 Å². The fourth-order valence-corrected chi connectivity index (χ4v) is 3.70. The molecule has 1 saturated heterocycles. The van der Waals surface area contributed by atoms with E-state index in [2.05, 4.69) is 10.2 Å². The predicted octanol–water partition coefficient (Wildman–Crippen LogP) is 1.37. The minimum absolute atomic E-state index is 0.00903. The number of hydrogen-bond acceptors (Lipinski definition) is 4. The van der Waals surface area contributed by atoms with Gasteiger partial charge in [-0.2, -0.15) is 0 Å². The van der Waals surface area contributed by atoms with Crippen molar-refractivity contribution in [3.63, 3.8) is 0 Å². The average Bonchev–Trinajstić information content (AvgIpc) is 3.18. The molecule has 140 valence electrons. The zero-order valence-corrected chi connectivity index (χ0v) is 15.4. The number of anilines is 1. The van der Waals surface area contributed by atoms with Crippen molar-refractivity contribution >= 4 is 23.5 Å². The van der Waals surface area contributed by atoms with Crippen molar-refractivity contribution < 1.29 is 19.5 Å². The molecule has 2 fully saturated rings. The summed E-state index contributed by atoms with van der Waals surface area (Å²) in [6, 6.07) is 6.77. The summed E-state index contributed by atoms with van der Waals surface area (Å²) in [6.07, 6.45) is 0. The van der Waals surface area contributed by atoms with Crippen LogP contribution in [-0.2, 0) is 9.59 Å². The first kappa shape index (κ1) is 18.4. The number of aliphatic carboxylic acids is 1. The van der Waals surface area contributed by atoms with Gasteiger partial charge in [0.05, 0.1) is 11.8 Å². The van der Waals surface area contributed by atoms with E-state index in [1.807, 2.05) is 11.9 Å². The van der Waals surface area contributed by atoms with Crippen molar-refractivity contribution in [3.05, 3.63) is 29.8 Å². The molecule has 3 rings (SSSR count). The third kappa shape index (κ3) is 3.44. The van der Waals surface area contributed by atoms with Crippen molar-refractivity contribution in [2.24, 2.45) is 17.3 Å². The van der Waals surface area contributed by atoms with Gasteiger partial charge in [0.2, 0.25) is 5.91 Å². The quantitative estimate of drug-likeness (QED) is 0.847. The molecule has 1 aromatic carbocycles. The predicted molar refractivity (Wildman–Crippen MR) is 96.9 cm³/mol. The Morgan fingerprint density at radius 1 is 1.04 bits per heavy atom. The van der Waals surface area contributed by atoms with Gasteiger partial charge in [-0.1, -0.05) is 13.8 Å². The van der Waals surface area contributed by atoms with Gasteiger partial charge in [-0.25, -0.2) is 0 Å². The van der Waals surface area contributed by atoms with E-state index in [9.17, 15) is 19.5 Å². The van der Waals surface area contributed by atoms with E-state index in [1.54, 1.807) is 38.1 Å². The van der Waals surface area contributed by atoms with Crippen LogP contribution in [0.3, 0.4) is 0 Å². The van der Waals surface area contributed by atoms with Gasteiger partial charge < -0.3 is 20.2 Å². The highest BCUT2D eigenvalue weighted by Crippen LogP contribution is 2.58. The van der Waals surface area contributed by atoms with Crippen molar-refractivity contribution in [1.29, 1.82) is 0 Å². The normalized spacial score (nSPS) is 24.8. The number of nitrogens with one attached hydrogen (secondary N) is 1. The van der Waals surface area contributed by atoms with Gasteiger partial charge in [-0.05, 0) is 36.7 Å². The minimum atomic E-state index is -0.941. The molecule has 0 spiro atoms. The standard InChI is InChI=1S/C19H25N3O4/c1-19(2)14(15(19)18(25)26)16(23)20-13-6-4-12(5-7-13)17(24)22-10-8-21(3)9-11-22/h4-7,14-15H,8-11H2,1-3H3,(H,20,23)(H,25,26)/t14-,15+/m1/s1. The van der Waals surface area contributed by atoms with Crippen LogP contribution in [0.4, 0.5) is 5.69 Å². The van der Waals surface area contributed by atoms with E-state index in [1.165, 1.54) is 0 Å². The largest absolute Gasteiger partial charge is 0.481 e. The fraction of sp³-hybridized carbons (Fsp3) is 0.526. The second-order valence-corrected chi connectivity index (χ2v) is 7.78. The van der Waals surface area contributed by atoms with Gasteiger partial charge in [0, 0.05) is 37.4 Å². The van der Waals surface area contributed by atoms with E-state index in [0.29, 0.717) is 24.3 Å². The Morgan fingerprint density at radius 2 is 1.62 bits per heavy atom. The molecule has 1 saturated carbocycles. The molecule has 26 heavy (non-hydrogen) atoms. The second-order valence-electron chi connectivity index (χ2n) is 7.78. The summed E-state index contributed by atoms with van der Waals surface area (Å²) in [7, 11) is 2.04. The van der Waals surface area contributed by atoms with Crippen LogP contribution >= 0.6 is 0 Å². The van der Waals surface area contributed by atoms with Gasteiger partial charge in [0.25, 0.3) is 5.91 Å². The first-order chi connectivity index (χ1) is 12.2. The molecule has 0 bridgehead atoms. The molecule has 2 atom stereocenters. The number of likely N-dealkylation sites (N-methyl/N-ethyl adjacent to an activating group) is 1. The Hall–Kier alpha value is -2.41. The van der Waals surface area contributed by atoms with Crippen LogP contribution in [0.25, 0.3) is 0 Å². The molecule has 2 N–H and O–H groups in total. The number of hydrogen-bond donors (Lipinski definition) is 2. The molecular formula is C19H25N3O4. The van der Waals surface area contributed by atoms with E-state index >= 15 is 0 Å². The summed E-state index contributed by atoms with van der Waals surface area (Å²) in [4.78, 5) is 40.1. The third-order valence-corrected chi connectivity index (χ3v) is 5.57. The lowest BCUT2D eigenvalue weighted by Gasteiger charge is -2.32. The Morgan fingerprint density at radius 3 is 2.12 bits per heavy atom. The molecule has 7 heteroatoms. The number of nitrogens with zero attached hydrogens (tertiary/aromatic N) is 2. The smallest absolute Gasteiger partial charge is 0.307 e. The first-order valence-electron chi connectivity index (χ1n) is 8.83. The van der Waals surface area contributed by atoms with Gasteiger partial charge in [-0.15, -0.1) is 0 Å². The molecule has 1 aromatic rings. The number of benzene rings is 1. The summed E-state index contributed by atoms with van der Waals surface area (Å²) in [6.45, 7) is 6.72. The van der Waals surface area contributed by atoms with Crippen LogP contribution in [0.15, 0.2) is 24.3 Å². The number of carboxylic acids is 1. The van der Waals surface area contributed by atoms with E-state index in [4.69, 9.17) is 0 Å². The highest BCUT2D eigenvalue weighted by Gasteiger charge is 2.65. The number of amides is 2. The highest BCUT2D eigenvalue weighted by molar-refractivity contribution is 6.00. The Bertz CT molecular complexity index is 721. The Balaban J connectivity index is 1.61. The van der Waals surface area contributed by atoms with Crippen molar-refractivity contribution in [1.82, 2.24) is 9.80 Å². The van der Waals surface area contributed by atoms with Crippen molar-refractivity contribution in [2.75, 3.05) is 38.5 Å². The second kappa shape index (κ2) is 6.72. The summed E-state index contributed by atoms with van der Waals surface area (Å²) in [5.74, 6) is -2.43. The molecule has 1 aliphatic heterocycles. The number of rotatable bonds is 4. The zero-order chi connectivity index (χ0) is 19.1. The lowest BCUT2D eigenvalue weighted by Crippen LogP contribution is -2.47. The van der Waals surface area contributed by atoms with E-state index in [0.717, 1.165) is 13.1 Å². The maximum atomic E-state index is 12.5. The van der Waals surface area contributed by atoms with E-state index in [-0.39, 0.29) is 11.8 Å². The third-order valence-electron chi connectivity index (χ3n) is 5.57. The zero-order valence-electron chi connectivity index (χ0n) is 15.4. The van der Waals surface area contributed by atoms with Crippen LogP contribution in [0, 0.1) is 17.3 Å².